The molecule has 1 N–H and O–H groups in total. The highest BCUT2D eigenvalue weighted by atomic mass is 32.2. The summed E-state index contributed by atoms with van der Waals surface area (Å²) in [5, 5.41) is 15.1. The van der Waals surface area contributed by atoms with Crippen LogP contribution in [0.1, 0.15) is 33.5 Å². The van der Waals surface area contributed by atoms with Gasteiger partial charge in [-0.3, -0.25) is 0 Å². The molecule has 0 aliphatic carbocycles. The number of hydrogen-bond acceptors (Lipinski definition) is 5. The summed E-state index contributed by atoms with van der Waals surface area (Å²) in [6.45, 7) is 10.2. The zero-order valence-electron chi connectivity index (χ0n) is 10.7. The third kappa shape index (κ3) is 4.09. The lowest BCUT2D eigenvalue weighted by Gasteiger charge is -2.22. The van der Waals surface area contributed by atoms with Gasteiger partial charge in [0.05, 0.1) is 13.1 Å². The fraction of sp³-hybridized carbons (Fsp3) is 0.900. The summed E-state index contributed by atoms with van der Waals surface area (Å²) in [4.78, 5) is 0. The lowest BCUT2D eigenvalue weighted by atomic mass is 10.2. The van der Waals surface area contributed by atoms with Gasteiger partial charge in [0.2, 0.25) is 0 Å². The van der Waals surface area contributed by atoms with Crippen molar-refractivity contribution in [1.82, 2.24) is 25.5 Å². The molecule has 1 aromatic heterocycles. The number of tetrazole rings is 1. The number of rotatable bonds is 6. The number of thioether (sulfide) groups is 1. The smallest absolute Gasteiger partial charge is 0.165 e. The van der Waals surface area contributed by atoms with E-state index in [9.17, 15) is 0 Å². The van der Waals surface area contributed by atoms with Crippen molar-refractivity contribution in [3.8, 4) is 0 Å². The van der Waals surface area contributed by atoms with Gasteiger partial charge in [0.1, 0.15) is 0 Å². The fourth-order valence-corrected chi connectivity index (χ4v) is 1.44. The molecular weight excluding hydrogens is 222 g/mol. The molecule has 0 unspecified atom stereocenters. The Morgan fingerprint density at radius 1 is 1.44 bits per heavy atom. The molecule has 0 atom stereocenters. The molecule has 0 bridgehead atoms. The first kappa shape index (κ1) is 13.4. The quantitative estimate of drug-likeness (QED) is 0.816. The van der Waals surface area contributed by atoms with Crippen molar-refractivity contribution in [1.29, 1.82) is 0 Å². The van der Waals surface area contributed by atoms with Crippen molar-refractivity contribution in [3.05, 3.63) is 5.82 Å². The van der Waals surface area contributed by atoms with Gasteiger partial charge in [0, 0.05) is 10.8 Å². The predicted octanol–water partition coefficient (Wildman–Crippen LogP) is 1.31. The Balaban J connectivity index is 2.63. The third-order valence-electron chi connectivity index (χ3n) is 2.36. The molecule has 0 aliphatic heterocycles. The average Bonchev–Trinajstić information content (AvgIpc) is 2.61. The molecule has 92 valence electrons. The van der Waals surface area contributed by atoms with Crippen LogP contribution in [0, 0.1) is 0 Å². The largest absolute Gasteiger partial charge is 0.308 e. The minimum Gasteiger partial charge on any atom is -0.308 e. The Kier molecular flexibility index (Phi) is 4.73. The van der Waals surface area contributed by atoms with Crippen LogP contribution in [0.15, 0.2) is 0 Å². The first-order chi connectivity index (χ1) is 7.44. The van der Waals surface area contributed by atoms with Gasteiger partial charge in [0.15, 0.2) is 5.82 Å². The minimum atomic E-state index is 0.155. The number of aromatic nitrogens is 4. The highest BCUT2D eigenvalue weighted by Gasteiger charge is 2.19. The summed E-state index contributed by atoms with van der Waals surface area (Å²) in [5.74, 6) is 0.899. The first-order valence-electron chi connectivity index (χ1n) is 5.48. The Morgan fingerprint density at radius 3 is 2.69 bits per heavy atom. The Morgan fingerprint density at radius 2 is 2.12 bits per heavy atom. The van der Waals surface area contributed by atoms with Crippen LogP contribution >= 0.6 is 11.8 Å². The van der Waals surface area contributed by atoms with Gasteiger partial charge in [-0.05, 0) is 30.5 Å². The van der Waals surface area contributed by atoms with Crippen LogP contribution < -0.4 is 5.32 Å². The SMILES string of the molecule is CSC(C)(C)Cn1nnnc1CNC(C)C. The van der Waals surface area contributed by atoms with Crippen LogP contribution in [0.4, 0.5) is 0 Å². The second-order valence-electron chi connectivity index (χ2n) is 4.75. The van der Waals surface area contributed by atoms with E-state index in [1.807, 2.05) is 16.4 Å². The fourth-order valence-electron chi connectivity index (χ4n) is 1.19. The predicted molar refractivity (Wildman–Crippen MR) is 67.4 cm³/mol. The molecule has 5 nitrogen and oxygen atoms in total. The summed E-state index contributed by atoms with van der Waals surface area (Å²) in [6.07, 6.45) is 2.11. The molecule has 16 heavy (non-hydrogen) atoms. The lowest BCUT2D eigenvalue weighted by molar-refractivity contribution is 0.472. The van der Waals surface area contributed by atoms with Crippen molar-refractivity contribution < 1.29 is 0 Å². The van der Waals surface area contributed by atoms with E-state index in [2.05, 4.69) is 54.8 Å². The van der Waals surface area contributed by atoms with Crippen LogP contribution in [0.25, 0.3) is 0 Å². The van der Waals surface area contributed by atoms with E-state index in [4.69, 9.17) is 0 Å². The normalized spacial score (nSPS) is 12.4. The van der Waals surface area contributed by atoms with Crippen LogP contribution in [0.5, 0.6) is 0 Å². The second-order valence-corrected chi connectivity index (χ2v) is 6.27. The average molecular weight is 243 g/mol. The highest BCUT2D eigenvalue weighted by molar-refractivity contribution is 7.99. The molecule has 0 saturated heterocycles. The zero-order chi connectivity index (χ0) is 12.2. The summed E-state index contributed by atoms with van der Waals surface area (Å²) in [7, 11) is 0. The van der Waals surface area contributed by atoms with Gasteiger partial charge in [0.25, 0.3) is 0 Å². The van der Waals surface area contributed by atoms with Crippen molar-refractivity contribution in [2.24, 2.45) is 0 Å². The van der Waals surface area contributed by atoms with E-state index in [1.54, 1.807) is 0 Å². The topological polar surface area (TPSA) is 55.6 Å². The molecule has 6 heteroatoms. The van der Waals surface area contributed by atoms with E-state index in [-0.39, 0.29) is 4.75 Å². The Hall–Kier alpha value is -0.620. The van der Waals surface area contributed by atoms with Crippen LogP contribution in [0.2, 0.25) is 0 Å². The Labute approximate surface area is 101 Å². The minimum absolute atomic E-state index is 0.155. The van der Waals surface area contributed by atoms with Crippen LogP contribution in [-0.2, 0) is 13.1 Å². The van der Waals surface area contributed by atoms with Gasteiger partial charge in [-0.25, -0.2) is 4.68 Å². The summed E-state index contributed by atoms with van der Waals surface area (Å²) in [6, 6.07) is 0.443. The van der Waals surface area contributed by atoms with Crippen molar-refractivity contribution in [2.45, 2.75) is 51.6 Å². The third-order valence-corrected chi connectivity index (χ3v) is 3.59. The molecule has 0 spiro atoms. The summed E-state index contributed by atoms with van der Waals surface area (Å²) in [5.41, 5.74) is 0. The molecule has 0 radical (unpaired) electrons. The number of nitrogens with zero attached hydrogens (tertiary/aromatic N) is 4. The van der Waals surface area contributed by atoms with E-state index in [1.165, 1.54) is 0 Å². The van der Waals surface area contributed by atoms with Crippen LogP contribution in [-0.4, -0.2) is 37.3 Å². The molecule has 0 amide bonds. The zero-order valence-corrected chi connectivity index (χ0v) is 11.5. The molecule has 1 rings (SSSR count). The van der Waals surface area contributed by atoms with E-state index < -0.39 is 0 Å². The Bertz CT molecular complexity index is 321. The first-order valence-corrected chi connectivity index (χ1v) is 6.70. The maximum absolute atomic E-state index is 4.04. The van der Waals surface area contributed by atoms with Crippen molar-refractivity contribution in [3.63, 3.8) is 0 Å². The molecule has 1 heterocycles. The maximum atomic E-state index is 4.04. The van der Waals surface area contributed by atoms with Crippen molar-refractivity contribution in [2.75, 3.05) is 6.26 Å². The summed E-state index contributed by atoms with van der Waals surface area (Å²) >= 11 is 1.82. The second kappa shape index (κ2) is 5.63. The van der Waals surface area contributed by atoms with Gasteiger partial charge in [-0.1, -0.05) is 13.8 Å². The van der Waals surface area contributed by atoms with Gasteiger partial charge >= 0.3 is 0 Å². The lowest BCUT2D eigenvalue weighted by Crippen LogP contribution is -2.28. The number of hydrogen-bond donors (Lipinski definition) is 1. The molecule has 0 aromatic carbocycles. The number of nitrogens with one attached hydrogen (secondary N) is 1. The standard InChI is InChI=1S/C10H21N5S/c1-8(2)11-6-9-12-13-14-15(9)7-10(3,4)16-5/h8,11H,6-7H2,1-5H3. The molecule has 0 aliphatic rings. The van der Waals surface area contributed by atoms with E-state index in [0.717, 1.165) is 18.9 Å². The van der Waals surface area contributed by atoms with E-state index in [0.29, 0.717) is 6.04 Å². The molecular formula is C10H21N5S. The van der Waals surface area contributed by atoms with E-state index >= 15 is 0 Å². The highest BCUT2D eigenvalue weighted by Crippen LogP contribution is 2.23. The van der Waals surface area contributed by atoms with Gasteiger partial charge < -0.3 is 5.32 Å². The summed E-state index contributed by atoms with van der Waals surface area (Å²) < 4.78 is 2.04. The molecule has 1 aromatic rings. The van der Waals surface area contributed by atoms with Crippen molar-refractivity contribution >= 4 is 11.8 Å². The van der Waals surface area contributed by atoms with Gasteiger partial charge in [-0.2, -0.15) is 11.8 Å². The monoisotopic (exact) mass is 243 g/mol. The molecule has 0 saturated carbocycles. The maximum Gasteiger partial charge on any atom is 0.165 e. The van der Waals surface area contributed by atoms with Gasteiger partial charge in [-0.15, -0.1) is 5.10 Å². The molecule has 0 fully saturated rings. The van der Waals surface area contributed by atoms with Crippen LogP contribution in [0.3, 0.4) is 0 Å².